The topological polar surface area (TPSA) is 330 Å². The average molecular weight is 853 g/mol. The highest BCUT2D eigenvalue weighted by Crippen LogP contribution is 2.03. The molecule has 20 heteroatoms. The zero-order chi connectivity index (χ0) is 45.5. The van der Waals surface area contributed by atoms with Crippen molar-refractivity contribution < 1.29 is 61.2 Å². The first-order chi connectivity index (χ1) is 29.3. The molecule has 0 bridgehead atoms. The van der Waals surface area contributed by atoms with Crippen LogP contribution >= 0.6 is 0 Å². The molecule has 20 nitrogen and oxygen atoms in total. The number of aliphatic hydroxyl groups excluding tert-OH is 5. The van der Waals surface area contributed by atoms with E-state index >= 15 is 0 Å². The van der Waals surface area contributed by atoms with Gasteiger partial charge in [-0.25, -0.2) is 33.6 Å². The predicted octanol–water partition coefficient (Wildman–Crippen LogP) is 1.10. The van der Waals surface area contributed by atoms with E-state index in [4.69, 9.17) is 25.5 Å². The molecule has 0 amide bonds. The second-order valence-electron chi connectivity index (χ2n) is 10.2. The van der Waals surface area contributed by atoms with Gasteiger partial charge in [-0.15, -0.1) is 0 Å². The van der Waals surface area contributed by atoms with Crippen LogP contribution in [0.3, 0.4) is 0 Å². The van der Waals surface area contributed by atoms with E-state index in [0.717, 1.165) is 0 Å². The molecule has 4 atom stereocenters. The molecule has 7 heterocycles. The largest absolute Gasteiger partial charge is 0.431 e. The Balaban J connectivity index is 0.000000679. The van der Waals surface area contributed by atoms with E-state index in [9.17, 15) is 38.4 Å². The van der Waals surface area contributed by atoms with Crippen LogP contribution in [0.4, 0.5) is 0 Å². The summed E-state index contributed by atoms with van der Waals surface area (Å²) < 4.78 is 30.6. The van der Waals surface area contributed by atoms with Crippen LogP contribution in [-0.4, -0.2) is 62.8 Å². The molecule has 0 radical (unpaired) electrons. The van der Waals surface area contributed by atoms with Gasteiger partial charge in [0, 0.05) is 42.5 Å². The lowest BCUT2D eigenvalue weighted by Gasteiger charge is -2.22. The molecule has 324 valence electrons. The van der Waals surface area contributed by atoms with Gasteiger partial charge in [0.2, 0.25) is 0 Å². The minimum atomic E-state index is -1.79. The highest BCUT2D eigenvalue weighted by molar-refractivity contribution is 5.56. The Hall–Kier alpha value is -7.88. The molecule has 0 aromatic carbocycles. The van der Waals surface area contributed by atoms with Gasteiger partial charge >= 0.3 is 39.4 Å². The standard InChI is InChI=1S/C6H12O6.7C5H4O2/c7-1-3(9)5(11)6(12)4(10)2-8;7*6-5-3-1-2-4-7-5/h1,3-6,8-12H,2H2;7*1-4H. The van der Waals surface area contributed by atoms with Gasteiger partial charge in [-0.1, -0.05) is 42.5 Å². The smallest absolute Gasteiger partial charge is 0.335 e. The lowest BCUT2D eigenvalue weighted by atomic mass is 10.0. The molecule has 7 rings (SSSR count). The summed E-state index contributed by atoms with van der Waals surface area (Å²) in [4.78, 5) is 80.6. The third kappa shape index (κ3) is 31.8. The first-order valence-corrected chi connectivity index (χ1v) is 16.9. The normalized spacial score (nSPS) is 11.0. The van der Waals surface area contributed by atoms with Gasteiger partial charge in [0.15, 0.2) is 6.29 Å². The highest BCUT2D eigenvalue weighted by Gasteiger charge is 2.29. The average Bonchev–Trinajstić information content (AvgIpc) is 3.29. The van der Waals surface area contributed by atoms with Gasteiger partial charge in [0.1, 0.15) is 24.4 Å². The fourth-order valence-electron chi connectivity index (χ4n) is 2.89. The number of hydrogen-bond donors (Lipinski definition) is 5. The molecule has 0 aliphatic carbocycles. The Morgan fingerprint density at radius 3 is 0.656 bits per heavy atom. The van der Waals surface area contributed by atoms with Crippen LogP contribution in [0.2, 0.25) is 0 Å². The molecule has 0 aliphatic heterocycles. The van der Waals surface area contributed by atoms with Gasteiger partial charge in [-0.3, -0.25) is 0 Å². The van der Waals surface area contributed by atoms with Gasteiger partial charge in [0.25, 0.3) is 0 Å². The summed E-state index contributed by atoms with van der Waals surface area (Å²) in [6.45, 7) is -0.760. The summed E-state index contributed by atoms with van der Waals surface area (Å²) in [7, 11) is 0. The molecule has 0 saturated carbocycles. The summed E-state index contributed by atoms with van der Waals surface area (Å²) in [6, 6.07) is 32.5. The quantitative estimate of drug-likeness (QED) is 0.151. The maximum absolute atomic E-state index is 10.1. The lowest BCUT2D eigenvalue weighted by molar-refractivity contribution is -0.136. The molecule has 0 fully saturated rings. The van der Waals surface area contributed by atoms with Crippen LogP contribution in [-0.2, 0) is 4.79 Å². The molecule has 0 aliphatic rings. The Bertz CT molecular complexity index is 1940. The number of aldehydes is 1. The third-order valence-corrected chi connectivity index (χ3v) is 5.66. The lowest BCUT2D eigenvalue weighted by Crippen LogP contribution is -2.46. The molecule has 61 heavy (non-hydrogen) atoms. The second-order valence-corrected chi connectivity index (χ2v) is 10.2. The Labute approximate surface area is 342 Å². The van der Waals surface area contributed by atoms with Crippen molar-refractivity contribution in [2.75, 3.05) is 6.61 Å². The van der Waals surface area contributed by atoms with E-state index in [1.807, 2.05) is 0 Å². The number of carbonyl (C=O) groups excluding carboxylic acids is 1. The van der Waals surface area contributed by atoms with Crippen LogP contribution in [0.5, 0.6) is 0 Å². The van der Waals surface area contributed by atoms with E-state index in [0.29, 0.717) is 0 Å². The molecular formula is C41H40O20. The summed E-state index contributed by atoms with van der Waals surface area (Å²) >= 11 is 0. The maximum atomic E-state index is 10.1. The molecule has 4 unspecified atom stereocenters. The van der Waals surface area contributed by atoms with Crippen LogP contribution in [0.25, 0.3) is 0 Å². The number of rotatable bonds is 5. The minimum absolute atomic E-state index is 0.0258. The fraction of sp³-hybridized carbons (Fsp3) is 0.122. The molecule has 0 spiro atoms. The van der Waals surface area contributed by atoms with Crippen molar-refractivity contribution in [3.05, 3.63) is 244 Å². The van der Waals surface area contributed by atoms with Crippen LogP contribution in [0, 0.1) is 0 Å². The van der Waals surface area contributed by atoms with Crippen molar-refractivity contribution in [2.45, 2.75) is 24.4 Å². The van der Waals surface area contributed by atoms with E-state index in [-0.39, 0.29) is 45.7 Å². The Morgan fingerprint density at radius 1 is 0.361 bits per heavy atom. The van der Waals surface area contributed by atoms with Crippen molar-refractivity contribution in [3.8, 4) is 0 Å². The van der Waals surface area contributed by atoms with Gasteiger partial charge in [0.05, 0.1) is 50.4 Å². The van der Waals surface area contributed by atoms with Gasteiger partial charge in [-0.05, 0) is 42.5 Å². The summed E-state index contributed by atoms with van der Waals surface area (Å²) in [5.74, 6) is 0. The summed E-state index contributed by atoms with van der Waals surface area (Å²) in [6.07, 6.45) is 2.61. The zero-order valence-electron chi connectivity index (χ0n) is 31.6. The Kier molecular flexibility index (Phi) is 30.7. The van der Waals surface area contributed by atoms with Crippen LogP contribution in [0.1, 0.15) is 0 Å². The van der Waals surface area contributed by atoms with Crippen LogP contribution in [0.15, 0.2) is 236 Å². The second kappa shape index (κ2) is 35.3. The first kappa shape index (κ1) is 53.1. The number of aliphatic hydroxyl groups is 5. The molecule has 7 aromatic rings. The first-order valence-electron chi connectivity index (χ1n) is 16.9. The Morgan fingerprint density at radius 2 is 0.557 bits per heavy atom. The van der Waals surface area contributed by atoms with Crippen molar-refractivity contribution in [1.29, 1.82) is 0 Å². The summed E-state index contributed by atoms with van der Waals surface area (Å²) in [5, 5.41) is 43.5. The van der Waals surface area contributed by atoms with Crippen LogP contribution < -0.4 is 39.4 Å². The zero-order valence-corrected chi connectivity index (χ0v) is 31.6. The van der Waals surface area contributed by atoms with Gasteiger partial charge in [-0.2, -0.15) is 0 Å². The summed E-state index contributed by atoms with van der Waals surface area (Å²) in [5.41, 5.74) is -2.12. The van der Waals surface area contributed by atoms with Gasteiger partial charge < -0.3 is 61.2 Å². The molecule has 5 N–H and O–H groups in total. The van der Waals surface area contributed by atoms with E-state index < -0.39 is 31.0 Å². The molecular weight excluding hydrogens is 812 g/mol. The van der Waals surface area contributed by atoms with E-state index in [1.54, 1.807) is 84.9 Å². The van der Waals surface area contributed by atoms with Crippen molar-refractivity contribution in [3.63, 3.8) is 0 Å². The maximum Gasteiger partial charge on any atom is 0.335 e. The number of hydrogen-bond acceptors (Lipinski definition) is 20. The van der Waals surface area contributed by atoms with E-state index in [1.165, 1.54) is 86.3 Å². The minimum Gasteiger partial charge on any atom is -0.431 e. The monoisotopic (exact) mass is 852 g/mol. The van der Waals surface area contributed by atoms with Crippen molar-refractivity contribution in [1.82, 2.24) is 0 Å². The SMILES string of the molecule is O=CC(O)C(O)C(O)C(O)CO.O=c1cccco1.O=c1cccco1.O=c1cccco1.O=c1cccco1.O=c1cccco1.O=c1cccco1.O=c1cccco1. The van der Waals surface area contributed by atoms with Crippen molar-refractivity contribution >= 4 is 6.29 Å². The fourth-order valence-corrected chi connectivity index (χ4v) is 2.89. The molecule has 7 aromatic heterocycles. The van der Waals surface area contributed by atoms with Crippen molar-refractivity contribution in [2.24, 2.45) is 0 Å². The predicted molar refractivity (Wildman–Crippen MR) is 212 cm³/mol. The molecule has 0 saturated heterocycles. The third-order valence-electron chi connectivity index (χ3n) is 5.66. The van der Waals surface area contributed by atoms with E-state index in [2.05, 4.69) is 30.9 Å². The highest BCUT2D eigenvalue weighted by atomic mass is 16.4. The number of carbonyl (C=O) groups is 1.